The first-order valence-electron chi connectivity index (χ1n) is 7.82. The Balaban J connectivity index is 1.93. The molecule has 0 saturated heterocycles. The molecule has 0 radical (unpaired) electrons. The molecule has 3 nitrogen and oxygen atoms in total. The molecule has 3 rings (SSSR count). The number of hydrogen-bond acceptors (Lipinski definition) is 3. The predicted molar refractivity (Wildman–Crippen MR) is 86.1 cm³/mol. The van der Waals surface area contributed by atoms with Crippen molar-refractivity contribution in [3.05, 3.63) is 36.0 Å². The fourth-order valence-electron chi connectivity index (χ4n) is 3.22. The molecule has 1 N–H and O–H groups in total. The highest BCUT2D eigenvalue weighted by molar-refractivity contribution is 5.93. The maximum absolute atomic E-state index is 9.37. The highest BCUT2D eigenvalue weighted by atomic mass is 14.9. The van der Waals surface area contributed by atoms with Crippen LogP contribution in [-0.2, 0) is 0 Å². The normalized spacial score (nSPS) is 22.5. The van der Waals surface area contributed by atoms with E-state index in [4.69, 9.17) is 0 Å². The van der Waals surface area contributed by atoms with Crippen LogP contribution in [-0.4, -0.2) is 11.0 Å². The van der Waals surface area contributed by atoms with Crippen LogP contribution in [0.1, 0.15) is 44.6 Å². The van der Waals surface area contributed by atoms with Gasteiger partial charge in [-0.25, -0.2) is 0 Å². The van der Waals surface area contributed by atoms with Gasteiger partial charge >= 0.3 is 0 Å². The molecule has 1 aliphatic rings. The number of fused-ring (bicyclic) bond motifs is 1. The van der Waals surface area contributed by atoms with Crippen molar-refractivity contribution >= 4 is 16.6 Å². The molecule has 1 fully saturated rings. The molecule has 1 heterocycles. The van der Waals surface area contributed by atoms with Crippen molar-refractivity contribution in [1.29, 1.82) is 5.26 Å². The molecule has 0 amide bonds. The quantitative estimate of drug-likeness (QED) is 0.824. The average Bonchev–Trinajstić information content (AvgIpc) is 2.72. The Morgan fingerprint density at radius 1 is 1.19 bits per heavy atom. The largest absolute Gasteiger partial charge is 0.381 e. The van der Waals surface area contributed by atoms with E-state index in [1.165, 1.54) is 32.1 Å². The number of nitrogens with one attached hydrogen (secondary N) is 1. The molecule has 3 heteroatoms. The lowest BCUT2D eigenvalue weighted by atomic mass is 10.0. The SMILES string of the molecule is CC1CCCC(Nc2c(C#N)cnc3ccccc23)CC1. The van der Waals surface area contributed by atoms with Crippen molar-refractivity contribution in [2.45, 2.75) is 45.1 Å². The van der Waals surface area contributed by atoms with Gasteiger partial charge in [-0.1, -0.05) is 38.0 Å². The number of anilines is 1. The molecule has 2 unspecified atom stereocenters. The van der Waals surface area contributed by atoms with Crippen LogP contribution in [0.25, 0.3) is 10.9 Å². The zero-order chi connectivity index (χ0) is 14.7. The van der Waals surface area contributed by atoms with E-state index in [2.05, 4.69) is 23.3 Å². The summed E-state index contributed by atoms with van der Waals surface area (Å²) < 4.78 is 0. The summed E-state index contributed by atoms with van der Waals surface area (Å²) in [4.78, 5) is 4.37. The highest BCUT2D eigenvalue weighted by Gasteiger charge is 2.18. The van der Waals surface area contributed by atoms with Crippen LogP contribution >= 0.6 is 0 Å². The van der Waals surface area contributed by atoms with E-state index >= 15 is 0 Å². The first-order valence-corrected chi connectivity index (χ1v) is 7.82. The number of rotatable bonds is 2. The third-order valence-electron chi connectivity index (χ3n) is 4.50. The molecule has 1 aliphatic carbocycles. The Bertz CT molecular complexity index is 672. The molecule has 0 spiro atoms. The van der Waals surface area contributed by atoms with Crippen molar-refractivity contribution in [3.63, 3.8) is 0 Å². The summed E-state index contributed by atoms with van der Waals surface area (Å²) in [5.74, 6) is 0.821. The van der Waals surface area contributed by atoms with Gasteiger partial charge in [0, 0.05) is 17.6 Å². The number of aromatic nitrogens is 1. The van der Waals surface area contributed by atoms with Gasteiger partial charge in [0.15, 0.2) is 0 Å². The Hall–Kier alpha value is -2.08. The summed E-state index contributed by atoms with van der Waals surface area (Å²) in [5.41, 5.74) is 2.55. The fraction of sp³-hybridized carbons (Fsp3) is 0.444. The summed E-state index contributed by atoms with van der Waals surface area (Å²) in [6, 6.07) is 10.8. The van der Waals surface area contributed by atoms with Crippen LogP contribution in [0.2, 0.25) is 0 Å². The third kappa shape index (κ3) is 3.00. The smallest absolute Gasteiger partial charge is 0.103 e. The molecular weight excluding hydrogens is 258 g/mol. The van der Waals surface area contributed by atoms with Gasteiger partial charge in [0.05, 0.1) is 16.8 Å². The maximum atomic E-state index is 9.37. The molecule has 21 heavy (non-hydrogen) atoms. The number of nitrogens with zero attached hydrogens (tertiary/aromatic N) is 2. The number of nitriles is 1. The van der Waals surface area contributed by atoms with Gasteiger partial charge in [0.1, 0.15) is 6.07 Å². The van der Waals surface area contributed by atoms with Gasteiger partial charge in [-0.2, -0.15) is 5.26 Å². The van der Waals surface area contributed by atoms with Gasteiger partial charge in [-0.3, -0.25) is 4.98 Å². The molecule has 2 aromatic rings. The van der Waals surface area contributed by atoms with Crippen LogP contribution in [0.3, 0.4) is 0 Å². The lowest BCUT2D eigenvalue weighted by Gasteiger charge is -2.20. The van der Waals surface area contributed by atoms with Crippen molar-refractivity contribution in [3.8, 4) is 6.07 Å². The second kappa shape index (κ2) is 6.13. The lowest BCUT2D eigenvalue weighted by Crippen LogP contribution is -2.19. The fourth-order valence-corrected chi connectivity index (χ4v) is 3.22. The second-order valence-electron chi connectivity index (χ2n) is 6.13. The number of hydrogen-bond donors (Lipinski definition) is 1. The first-order chi connectivity index (χ1) is 10.3. The van der Waals surface area contributed by atoms with E-state index in [9.17, 15) is 5.26 Å². The van der Waals surface area contributed by atoms with Gasteiger partial charge in [0.25, 0.3) is 0 Å². The second-order valence-corrected chi connectivity index (χ2v) is 6.13. The Labute approximate surface area is 126 Å². The van der Waals surface area contributed by atoms with E-state index in [0.29, 0.717) is 11.6 Å². The van der Waals surface area contributed by atoms with Crippen molar-refractivity contribution in [2.24, 2.45) is 5.92 Å². The van der Waals surface area contributed by atoms with Gasteiger partial charge in [-0.05, 0) is 31.2 Å². The molecule has 108 valence electrons. The summed E-state index contributed by atoms with van der Waals surface area (Å²) in [6.45, 7) is 2.34. The molecule has 1 saturated carbocycles. The molecule has 2 atom stereocenters. The summed E-state index contributed by atoms with van der Waals surface area (Å²) in [7, 11) is 0. The van der Waals surface area contributed by atoms with E-state index in [-0.39, 0.29) is 0 Å². The topological polar surface area (TPSA) is 48.7 Å². The number of benzene rings is 1. The van der Waals surface area contributed by atoms with Gasteiger partial charge < -0.3 is 5.32 Å². The minimum absolute atomic E-state index is 0.466. The monoisotopic (exact) mass is 279 g/mol. The van der Waals surface area contributed by atoms with E-state index < -0.39 is 0 Å². The summed E-state index contributed by atoms with van der Waals surface area (Å²) >= 11 is 0. The Morgan fingerprint density at radius 2 is 2.05 bits per heavy atom. The number of pyridine rings is 1. The minimum atomic E-state index is 0.466. The summed E-state index contributed by atoms with van der Waals surface area (Å²) in [6.07, 6.45) is 7.91. The standard InChI is InChI=1S/C18H21N3/c1-13-5-4-6-15(10-9-13)21-18-14(11-19)12-20-17-8-3-2-7-16(17)18/h2-3,7-8,12-13,15H,4-6,9-10H2,1H3,(H,20,21). The average molecular weight is 279 g/mol. The van der Waals surface area contributed by atoms with Crippen LogP contribution < -0.4 is 5.32 Å². The molecule has 1 aromatic carbocycles. The Kier molecular flexibility index (Phi) is 4.06. The molecular formula is C18H21N3. The van der Waals surface area contributed by atoms with Crippen LogP contribution in [0.15, 0.2) is 30.5 Å². The minimum Gasteiger partial charge on any atom is -0.381 e. The molecule has 1 aromatic heterocycles. The highest BCUT2D eigenvalue weighted by Crippen LogP contribution is 2.30. The van der Waals surface area contributed by atoms with Crippen molar-refractivity contribution in [2.75, 3.05) is 5.32 Å². The number of para-hydroxylation sites is 1. The van der Waals surface area contributed by atoms with Crippen LogP contribution in [0, 0.1) is 17.2 Å². The van der Waals surface area contributed by atoms with E-state index in [1.54, 1.807) is 6.20 Å². The first kappa shape index (κ1) is 13.9. The van der Waals surface area contributed by atoms with E-state index in [1.807, 2.05) is 24.3 Å². The van der Waals surface area contributed by atoms with Gasteiger partial charge in [0.2, 0.25) is 0 Å². The zero-order valence-electron chi connectivity index (χ0n) is 12.5. The van der Waals surface area contributed by atoms with Gasteiger partial charge in [-0.15, -0.1) is 0 Å². The molecule has 0 aliphatic heterocycles. The molecule has 0 bridgehead atoms. The van der Waals surface area contributed by atoms with Crippen molar-refractivity contribution < 1.29 is 0 Å². The Morgan fingerprint density at radius 3 is 2.90 bits per heavy atom. The van der Waals surface area contributed by atoms with Crippen LogP contribution in [0.4, 0.5) is 5.69 Å². The van der Waals surface area contributed by atoms with Crippen molar-refractivity contribution in [1.82, 2.24) is 4.98 Å². The third-order valence-corrected chi connectivity index (χ3v) is 4.50. The summed E-state index contributed by atoms with van der Waals surface area (Å²) in [5, 5.41) is 14.1. The maximum Gasteiger partial charge on any atom is 0.103 e. The zero-order valence-corrected chi connectivity index (χ0v) is 12.5. The van der Waals surface area contributed by atoms with Crippen LogP contribution in [0.5, 0.6) is 0 Å². The lowest BCUT2D eigenvalue weighted by molar-refractivity contribution is 0.502. The predicted octanol–water partition coefficient (Wildman–Crippen LogP) is 4.49. The van der Waals surface area contributed by atoms with E-state index in [0.717, 1.165) is 22.5 Å².